The highest BCUT2D eigenvalue weighted by Gasteiger charge is 2.51. The minimum atomic E-state index is -0.769. The van der Waals surface area contributed by atoms with Crippen LogP contribution in [0.2, 0.25) is 0 Å². The Hall–Kier alpha value is -4.17. The van der Waals surface area contributed by atoms with Crippen LogP contribution in [-0.2, 0) is 22.0 Å². The van der Waals surface area contributed by atoms with Gasteiger partial charge in [-0.2, -0.15) is 0 Å². The molecule has 0 radical (unpaired) electrons. The molecule has 1 fully saturated rings. The number of benzene rings is 3. The van der Waals surface area contributed by atoms with Crippen LogP contribution in [-0.4, -0.2) is 21.7 Å². The molecule has 4 aromatic rings. The molecule has 1 unspecified atom stereocenters. The maximum atomic E-state index is 12.6. The van der Waals surface area contributed by atoms with Gasteiger partial charge in [-0.15, -0.1) is 0 Å². The highest BCUT2D eigenvalue weighted by atomic mass is 32.1. The number of nitrogens with one attached hydrogen (secondary N) is 1. The molecular formula is C29H26N2O5S. The molecule has 2 N–H and O–H groups in total. The third-order valence-electron chi connectivity index (χ3n) is 6.86. The molecule has 0 saturated heterocycles. The van der Waals surface area contributed by atoms with Crippen molar-refractivity contribution in [3.8, 4) is 21.6 Å². The zero-order valence-electron chi connectivity index (χ0n) is 20.4. The zero-order valence-corrected chi connectivity index (χ0v) is 21.2. The number of carboxylic acids is 1. The molecule has 1 atom stereocenters. The van der Waals surface area contributed by atoms with Gasteiger partial charge in [-0.25, -0.2) is 4.79 Å². The molecule has 1 aliphatic carbocycles. The first-order chi connectivity index (χ1) is 17.8. The van der Waals surface area contributed by atoms with E-state index in [0.29, 0.717) is 23.5 Å². The lowest BCUT2D eigenvalue weighted by molar-refractivity contribution is -0.140. The molecule has 0 bridgehead atoms. The zero-order chi connectivity index (χ0) is 26.2. The summed E-state index contributed by atoms with van der Waals surface area (Å²) in [5, 5.41) is 12.3. The Bertz CT molecular complexity index is 1500. The maximum absolute atomic E-state index is 12.6. The van der Waals surface area contributed by atoms with Gasteiger partial charge in [0.1, 0.15) is 11.9 Å². The second-order valence-corrected chi connectivity index (χ2v) is 10.2. The van der Waals surface area contributed by atoms with Crippen LogP contribution >= 0.6 is 11.3 Å². The van der Waals surface area contributed by atoms with Crippen LogP contribution in [0, 0.1) is 0 Å². The number of thiazole rings is 1. The number of nitrogens with zero attached hydrogens (tertiary/aromatic N) is 1. The van der Waals surface area contributed by atoms with Gasteiger partial charge >= 0.3 is 16.9 Å². The highest BCUT2D eigenvalue weighted by Crippen LogP contribution is 2.48. The van der Waals surface area contributed by atoms with Gasteiger partial charge in [-0.1, -0.05) is 90.2 Å². The van der Waals surface area contributed by atoms with Crippen molar-refractivity contribution >= 4 is 29.2 Å². The van der Waals surface area contributed by atoms with Crippen LogP contribution in [0.15, 0.2) is 83.7 Å². The summed E-state index contributed by atoms with van der Waals surface area (Å²) in [7, 11) is 1.61. The summed E-state index contributed by atoms with van der Waals surface area (Å²) in [6.07, 6.45) is 0.255. The number of amides is 1. The van der Waals surface area contributed by atoms with Crippen molar-refractivity contribution in [2.45, 2.75) is 31.3 Å². The van der Waals surface area contributed by atoms with Crippen molar-refractivity contribution in [2.75, 3.05) is 5.32 Å². The summed E-state index contributed by atoms with van der Waals surface area (Å²) in [4.78, 5) is 37.1. The lowest BCUT2D eigenvalue weighted by atomic mass is 9.93. The third kappa shape index (κ3) is 4.80. The molecule has 0 aliphatic heterocycles. The Morgan fingerprint density at radius 1 is 0.946 bits per heavy atom. The average molecular weight is 515 g/mol. The second kappa shape index (κ2) is 9.71. The van der Waals surface area contributed by atoms with E-state index in [0.717, 1.165) is 39.2 Å². The number of hydrogen-bond donors (Lipinski definition) is 2. The van der Waals surface area contributed by atoms with Gasteiger partial charge in [0.25, 0.3) is 0 Å². The lowest BCUT2D eigenvalue weighted by Gasteiger charge is -2.15. The summed E-state index contributed by atoms with van der Waals surface area (Å²) in [5.74, 6) is -0.393. The SMILES string of the molecule is CC(OC(=O)Nc1c(-c2ccc(-c3ccc(C4(C(=O)O)CC4)cc3)cc2)sc(=O)n1C)c1ccccc1. The Labute approximate surface area is 218 Å². The van der Waals surface area contributed by atoms with Gasteiger partial charge < -0.3 is 9.84 Å². The number of carboxylic acid groups (broad SMARTS) is 1. The second-order valence-electron chi connectivity index (χ2n) is 9.23. The van der Waals surface area contributed by atoms with Crippen LogP contribution in [0.25, 0.3) is 21.6 Å². The Morgan fingerprint density at radius 2 is 1.51 bits per heavy atom. The van der Waals surface area contributed by atoms with Crippen molar-refractivity contribution in [1.82, 2.24) is 4.57 Å². The fraction of sp³-hybridized carbons (Fsp3) is 0.207. The normalized spacial score (nSPS) is 14.5. The Morgan fingerprint density at radius 3 is 2.08 bits per heavy atom. The molecule has 8 heteroatoms. The number of aliphatic carboxylic acids is 1. The van der Waals surface area contributed by atoms with E-state index in [1.165, 1.54) is 4.57 Å². The maximum Gasteiger partial charge on any atom is 0.413 e. The standard InChI is InChI=1S/C29H26N2O5S/c1-18(19-6-4-3-5-7-19)36-27(34)30-25-24(37-28(35)31(25)2)22-10-8-20(9-11-22)21-12-14-23(15-13-21)29(16-17-29)26(32)33/h3-15,18H,16-17H2,1-2H3,(H,30,34)(H,32,33). The van der Waals surface area contributed by atoms with E-state index < -0.39 is 23.6 Å². The predicted molar refractivity (Wildman–Crippen MR) is 144 cm³/mol. The van der Waals surface area contributed by atoms with Crippen LogP contribution < -0.4 is 10.2 Å². The fourth-order valence-corrected chi connectivity index (χ4v) is 5.35. The van der Waals surface area contributed by atoms with Crippen LogP contribution in [0.1, 0.15) is 37.0 Å². The molecule has 1 aliphatic rings. The van der Waals surface area contributed by atoms with Crippen LogP contribution in [0.5, 0.6) is 0 Å². The summed E-state index contributed by atoms with van der Waals surface area (Å²) in [5.41, 5.74) is 3.70. The van der Waals surface area contributed by atoms with E-state index in [9.17, 15) is 19.5 Å². The van der Waals surface area contributed by atoms with E-state index in [1.807, 2.05) is 78.9 Å². The molecule has 0 spiro atoms. The quantitative estimate of drug-likeness (QED) is 0.306. The number of carbonyl (C=O) groups is 2. The van der Waals surface area contributed by atoms with E-state index in [2.05, 4.69) is 5.32 Å². The first-order valence-electron chi connectivity index (χ1n) is 12.0. The fourth-order valence-electron chi connectivity index (χ4n) is 4.41. The summed E-state index contributed by atoms with van der Waals surface area (Å²) in [6, 6.07) is 24.8. The lowest BCUT2D eigenvalue weighted by Crippen LogP contribution is -2.20. The van der Waals surface area contributed by atoms with Gasteiger partial charge in [-0.05, 0) is 47.6 Å². The molecule has 1 saturated carbocycles. The van der Waals surface area contributed by atoms with E-state index in [1.54, 1.807) is 14.0 Å². The summed E-state index contributed by atoms with van der Waals surface area (Å²) >= 11 is 1.05. The largest absolute Gasteiger partial charge is 0.481 e. The number of anilines is 1. The highest BCUT2D eigenvalue weighted by molar-refractivity contribution is 7.13. The van der Waals surface area contributed by atoms with Gasteiger partial charge in [0, 0.05) is 7.05 Å². The Balaban J connectivity index is 1.34. The topological polar surface area (TPSA) is 97.6 Å². The van der Waals surface area contributed by atoms with Crippen LogP contribution in [0.3, 0.4) is 0 Å². The number of rotatable bonds is 7. The molecule has 5 rings (SSSR count). The summed E-state index contributed by atoms with van der Waals surface area (Å²) < 4.78 is 6.93. The van der Waals surface area contributed by atoms with Gasteiger partial charge in [0.15, 0.2) is 0 Å². The van der Waals surface area contributed by atoms with Crippen molar-refractivity contribution in [3.05, 3.63) is 99.7 Å². The molecular weight excluding hydrogens is 488 g/mol. The molecule has 37 heavy (non-hydrogen) atoms. The van der Waals surface area contributed by atoms with Gasteiger partial charge in [-0.3, -0.25) is 19.5 Å². The predicted octanol–water partition coefficient (Wildman–Crippen LogP) is 6.21. The summed E-state index contributed by atoms with van der Waals surface area (Å²) in [6.45, 7) is 1.79. The van der Waals surface area contributed by atoms with E-state index >= 15 is 0 Å². The van der Waals surface area contributed by atoms with E-state index in [-0.39, 0.29) is 4.87 Å². The minimum Gasteiger partial charge on any atom is -0.481 e. The van der Waals surface area contributed by atoms with Crippen molar-refractivity contribution in [3.63, 3.8) is 0 Å². The monoisotopic (exact) mass is 514 g/mol. The molecule has 1 aromatic heterocycles. The molecule has 3 aromatic carbocycles. The smallest absolute Gasteiger partial charge is 0.413 e. The Kier molecular flexibility index (Phi) is 6.43. The van der Waals surface area contributed by atoms with E-state index in [4.69, 9.17) is 4.74 Å². The van der Waals surface area contributed by atoms with Crippen molar-refractivity contribution in [2.24, 2.45) is 7.05 Å². The molecule has 188 valence electrons. The van der Waals surface area contributed by atoms with Crippen molar-refractivity contribution < 1.29 is 19.4 Å². The van der Waals surface area contributed by atoms with Crippen LogP contribution in [0.4, 0.5) is 10.6 Å². The first kappa shape index (κ1) is 24.5. The van der Waals surface area contributed by atoms with Crippen molar-refractivity contribution in [1.29, 1.82) is 0 Å². The molecule has 1 heterocycles. The molecule has 7 nitrogen and oxygen atoms in total. The average Bonchev–Trinajstić information content (AvgIpc) is 3.68. The first-order valence-corrected chi connectivity index (χ1v) is 12.8. The van der Waals surface area contributed by atoms with Gasteiger partial charge in [0.2, 0.25) is 0 Å². The number of hydrogen-bond acceptors (Lipinski definition) is 5. The number of ether oxygens (including phenoxy) is 1. The number of aromatic nitrogens is 1. The third-order valence-corrected chi connectivity index (χ3v) is 7.95. The molecule has 1 amide bonds. The van der Waals surface area contributed by atoms with Gasteiger partial charge in [0.05, 0.1) is 10.3 Å². The number of carbonyl (C=O) groups excluding carboxylic acids is 1. The minimum absolute atomic E-state index is 0.200.